The number of anilines is 1. The number of thioether (sulfide) groups is 2. The Labute approximate surface area is 180 Å². The van der Waals surface area contributed by atoms with E-state index in [2.05, 4.69) is 10.5 Å². The number of alkyl halides is 3. The molecule has 5 nitrogen and oxygen atoms in total. The zero-order chi connectivity index (χ0) is 22.3. The lowest BCUT2D eigenvalue weighted by atomic mass is 10.2. The molecule has 0 aliphatic carbocycles. The van der Waals surface area contributed by atoms with Crippen LogP contribution in [-0.4, -0.2) is 34.0 Å². The third-order valence-corrected chi connectivity index (χ3v) is 6.06. The second-order valence-corrected chi connectivity index (χ2v) is 8.33. The van der Waals surface area contributed by atoms with Gasteiger partial charge in [0.15, 0.2) is 0 Å². The predicted octanol–water partition coefficient (Wildman–Crippen LogP) is 5.79. The molecule has 0 atom stereocenters. The van der Waals surface area contributed by atoms with E-state index in [9.17, 15) is 18.0 Å². The van der Waals surface area contributed by atoms with Crippen LogP contribution in [0.2, 0.25) is 0 Å². The topological polar surface area (TPSA) is 85.5 Å². The van der Waals surface area contributed by atoms with Crippen molar-refractivity contribution in [2.24, 2.45) is 5.10 Å². The van der Waals surface area contributed by atoms with Crippen LogP contribution in [0.15, 0.2) is 57.4 Å². The van der Waals surface area contributed by atoms with Gasteiger partial charge in [-0.1, -0.05) is 0 Å². The van der Waals surface area contributed by atoms with E-state index >= 15 is 0 Å². The van der Waals surface area contributed by atoms with E-state index in [4.69, 9.17) is 10.5 Å². The molecule has 0 fully saturated rings. The van der Waals surface area contributed by atoms with E-state index in [-0.39, 0.29) is 11.5 Å². The van der Waals surface area contributed by atoms with Crippen molar-refractivity contribution in [1.82, 2.24) is 0 Å². The van der Waals surface area contributed by atoms with Gasteiger partial charge >= 0.3 is 12.1 Å². The van der Waals surface area contributed by atoms with Crippen molar-refractivity contribution < 1.29 is 23.1 Å². The molecule has 0 aliphatic rings. The maximum absolute atomic E-state index is 12.6. The molecule has 0 unspecified atom stereocenters. The number of hydrogen-bond acceptors (Lipinski definition) is 6. The van der Waals surface area contributed by atoms with Gasteiger partial charge in [-0.15, -0.1) is 23.5 Å². The van der Waals surface area contributed by atoms with E-state index in [1.165, 1.54) is 35.7 Å². The molecule has 0 radical (unpaired) electrons. The van der Waals surface area contributed by atoms with Crippen molar-refractivity contribution >= 4 is 46.6 Å². The van der Waals surface area contributed by atoms with E-state index in [0.29, 0.717) is 17.2 Å². The van der Waals surface area contributed by atoms with Crippen LogP contribution in [0.5, 0.6) is 0 Å². The number of rotatable bonds is 9. The first kappa shape index (κ1) is 23.8. The van der Waals surface area contributed by atoms with Gasteiger partial charge in [-0.25, -0.2) is 0 Å². The maximum Gasteiger partial charge on any atom is 0.416 e. The van der Waals surface area contributed by atoms with Crippen molar-refractivity contribution in [2.75, 3.05) is 16.9 Å². The van der Waals surface area contributed by atoms with Crippen LogP contribution in [0.4, 0.5) is 18.9 Å². The highest BCUT2D eigenvalue weighted by molar-refractivity contribution is 8.00. The van der Waals surface area contributed by atoms with Gasteiger partial charge in [0.05, 0.1) is 28.4 Å². The summed E-state index contributed by atoms with van der Waals surface area (Å²) in [5.74, 6) is -0.504. The zero-order valence-electron chi connectivity index (χ0n) is 16.2. The molecule has 0 aromatic heterocycles. The van der Waals surface area contributed by atoms with Crippen molar-refractivity contribution in [3.8, 4) is 0 Å². The molecule has 2 rings (SSSR count). The van der Waals surface area contributed by atoms with Gasteiger partial charge in [-0.2, -0.15) is 18.3 Å². The molecule has 0 heterocycles. The van der Waals surface area contributed by atoms with Crippen LogP contribution in [0.3, 0.4) is 0 Å². The SMILES string of the molecule is C/C(=N/Nc1ccc(C(F)(F)F)cc1)C(=N)CSc1ccc(SCC(=O)O)c(C)c1. The highest BCUT2D eigenvalue weighted by Crippen LogP contribution is 2.30. The first-order valence-electron chi connectivity index (χ1n) is 8.69. The minimum Gasteiger partial charge on any atom is -0.481 e. The highest BCUT2D eigenvalue weighted by atomic mass is 32.2. The molecule has 0 spiro atoms. The predicted molar refractivity (Wildman–Crippen MR) is 116 cm³/mol. The summed E-state index contributed by atoms with van der Waals surface area (Å²) in [6, 6.07) is 10.2. The summed E-state index contributed by atoms with van der Waals surface area (Å²) in [5, 5.41) is 21.0. The summed E-state index contributed by atoms with van der Waals surface area (Å²) in [6.45, 7) is 3.55. The van der Waals surface area contributed by atoms with Crippen molar-refractivity contribution in [3.63, 3.8) is 0 Å². The average Bonchev–Trinajstić information content (AvgIpc) is 2.69. The molecule has 0 amide bonds. The summed E-state index contributed by atoms with van der Waals surface area (Å²) >= 11 is 2.71. The first-order chi connectivity index (χ1) is 14.1. The van der Waals surface area contributed by atoms with Gasteiger partial charge in [-0.05, 0) is 61.9 Å². The molecule has 10 heteroatoms. The van der Waals surface area contributed by atoms with E-state index in [0.717, 1.165) is 27.5 Å². The van der Waals surface area contributed by atoms with Crippen LogP contribution < -0.4 is 5.43 Å². The first-order valence-corrected chi connectivity index (χ1v) is 10.7. The zero-order valence-corrected chi connectivity index (χ0v) is 17.8. The van der Waals surface area contributed by atoms with Crippen LogP contribution >= 0.6 is 23.5 Å². The second-order valence-electron chi connectivity index (χ2n) is 6.26. The quantitative estimate of drug-likeness (QED) is 0.253. The average molecular weight is 456 g/mol. The molecule has 0 saturated heterocycles. The van der Waals surface area contributed by atoms with Gasteiger partial charge in [-0.3, -0.25) is 10.2 Å². The van der Waals surface area contributed by atoms with Gasteiger partial charge in [0.1, 0.15) is 0 Å². The number of benzene rings is 2. The number of carbonyl (C=O) groups is 1. The molecule has 2 aromatic carbocycles. The Bertz CT molecular complexity index is 945. The number of hydrogen-bond donors (Lipinski definition) is 3. The normalized spacial score (nSPS) is 12.0. The minimum absolute atomic E-state index is 0.000430. The van der Waals surface area contributed by atoms with Gasteiger partial charge < -0.3 is 10.5 Å². The fraction of sp³-hybridized carbons (Fsp3) is 0.250. The number of aliphatic carboxylic acids is 1. The van der Waals surface area contributed by atoms with Crippen molar-refractivity contribution in [3.05, 3.63) is 53.6 Å². The number of carboxylic acid groups (broad SMARTS) is 1. The molecule has 0 bridgehead atoms. The second kappa shape index (κ2) is 10.5. The Morgan fingerprint density at radius 3 is 2.37 bits per heavy atom. The van der Waals surface area contributed by atoms with E-state index < -0.39 is 17.7 Å². The highest BCUT2D eigenvalue weighted by Gasteiger charge is 2.29. The molecular formula is C20H20F3N3O2S2. The van der Waals surface area contributed by atoms with Crippen molar-refractivity contribution in [1.29, 1.82) is 5.41 Å². The van der Waals surface area contributed by atoms with Gasteiger partial charge in [0.25, 0.3) is 0 Å². The Morgan fingerprint density at radius 2 is 1.80 bits per heavy atom. The van der Waals surface area contributed by atoms with Crippen LogP contribution in [-0.2, 0) is 11.0 Å². The van der Waals surface area contributed by atoms with Gasteiger partial charge in [0.2, 0.25) is 0 Å². The number of hydrazone groups is 1. The molecule has 3 N–H and O–H groups in total. The summed E-state index contributed by atoms with van der Waals surface area (Å²) < 4.78 is 37.7. The number of carboxylic acids is 1. The fourth-order valence-electron chi connectivity index (χ4n) is 2.22. The third-order valence-electron chi connectivity index (χ3n) is 3.88. The third kappa shape index (κ3) is 7.42. The lowest BCUT2D eigenvalue weighted by Crippen LogP contribution is -2.13. The summed E-state index contributed by atoms with van der Waals surface area (Å²) in [5.41, 5.74) is 3.99. The molecule has 0 aliphatic heterocycles. The van der Waals surface area contributed by atoms with Crippen molar-refractivity contribution in [2.45, 2.75) is 29.8 Å². The van der Waals surface area contributed by atoms with Crippen LogP contribution in [0, 0.1) is 12.3 Å². The summed E-state index contributed by atoms with van der Waals surface area (Å²) in [7, 11) is 0. The molecule has 160 valence electrons. The Hall–Kier alpha value is -2.46. The van der Waals surface area contributed by atoms with Gasteiger partial charge in [0, 0.05) is 15.5 Å². The Balaban J connectivity index is 1.89. The lowest BCUT2D eigenvalue weighted by Gasteiger charge is -2.09. The summed E-state index contributed by atoms with van der Waals surface area (Å²) in [4.78, 5) is 12.5. The molecule has 0 saturated carbocycles. The number of nitrogens with one attached hydrogen (secondary N) is 2. The molecular weight excluding hydrogens is 435 g/mol. The number of halogens is 3. The smallest absolute Gasteiger partial charge is 0.416 e. The van der Waals surface area contributed by atoms with Crippen LogP contribution in [0.25, 0.3) is 0 Å². The Morgan fingerprint density at radius 1 is 1.13 bits per heavy atom. The molecule has 2 aromatic rings. The number of nitrogens with zero attached hydrogens (tertiary/aromatic N) is 1. The number of aryl methyl sites for hydroxylation is 1. The lowest BCUT2D eigenvalue weighted by molar-refractivity contribution is -0.137. The monoisotopic (exact) mass is 455 g/mol. The summed E-state index contributed by atoms with van der Waals surface area (Å²) in [6.07, 6.45) is -4.39. The largest absolute Gasteiger partial charge is 0.481 e. The van der Waals surface area contributed by atoms with E-state index in [1.54, 1.807) is 6.92 Å². The Kier molecular flexibility index (Phi) is 8.36. The fourth-order valence-corrected chi connectivity index (χ4v) is 3.90. The van der Waals surface area contributed by atoms with Crippen LogP contribution in [0.1, 0.15) is 18.1 Å². The van der Waals surface area contributed by atoms with E-state index in [1.807, 2.05) is 25.1 Å². The molecule has 30 heavy (non-hydrogen) atoms. The maximum atomic E-state index is 12.6. The standard InChI is InChI=1S/C20H20F3N3O2S2/c1-12-9-16(7-8-18(12)30-11-19(27)28)29-10-17(24)13(2)25-26-15-5-3-14(4-6-15)20(21,22)23/h3-9,24,26H,10-11H2,1-2H3,(H,27,28)/b24-17?,25-13-. The minimum atomic E-state index is -4.39.